The van der Waals surface area contributed by atoms with Crippen LogP contribution in [0.5, 0.6) is 11.5 Å². The lowest BCUT2D eigenvalue weighted by molar-refractivity contribution is 0.476. The lowest BCUT2D eigenvalue weighted by atomic mass is 10.1. The third kappa shape index (κ3) is 3.16. The molecule has 0 saturated heterocycles. The van der Waals surface area contributed by atoms with Crippen molar-refractivity contribution in [2.24, 2.45) is 5.73 Å². The summed E-state index contributed by atoms with van der Waals surface area (Å²) in [5, 5.41) is 1.08. The summed E-state index contributed by atoms with van der Waals surface area (Å²) in [6, 6.07) is 12.9. The van der Waals surface area contributed by atoms with Crippen molar-refractivity contribution < 1.29 is 4.74 Å². The second-order valence-electron chi connectivity index (χ2n) is 3.82. The molecule has 2 aromatic carbocycles. The van der Waals surface area contributed by atoms with Gasteiger partial charge in [-0.1, -0.05) is 41.4 Å². The molecule has 94 valence electrons. The predicted molar refractivity (Wildman–Crippen MR) is 75.7 cm³/mol. The standard InChI is InChI=1S/C14H13Cl2NO/c15-11-5-6-14(12(16)9-11)18-13-4-2-1-3-10(13)7-8-17/h1-6,9H,7-8,17H2. The summed E-state index contributed by atoms with van der Waals surface area (Å²) in [5.74, 6) is 1.36. The van der Waals surface area contributed by atoms with E-state index in [4.69, 9.17) is 33.7 Å². The highest BCUT2D eigenvalue weighted by Gasteiger charge is 2.07. The van der Waals surface area contributed by atoms with Crippen molar-refractivity contribution in [3.8, 4) is 11.5 Å². The molecular formula is C14H13Cl2NO. The number of nitrogens with two attached hydrogens (primary N) is 1. The fourth-order valence-electron chi connectivity index (χ4n) is 1.64. The number of rotatable bonds is 4. The molecule has 0 radical (unpaired) electrons. The summed E-state index contributed by atoms with van der Waals surface area (Å²) >= 11 is 11.9. The molecule has 0 aliphatic carbocycles. The normalized spacial score (nSPS) is 10.4. The average molecular weight is 282 g/mol. The summed E-state index contributed by atoms with van der Waals surface area (Å²) in [5.41, 5.74) is 6.63. The monoisotopic (exact) mass is 281 g/mol. The van der Waals surface area contributed by atoms with E-state index >= 15 is 0 Å². The SMILES string of the molecule is NCCc1ccccc1Oc1ccc(Cl)cc1Cl. The Morgan fingerprint density at radius 1 is 1.00 bits per heavy atom. The van der Waals surface area contributed by atoms with E-state index < -0.39 is 0 Å². The molecule has 0 aliphatic heterocycles. The number of halogens is 2. The highest BCUT2D eigenvalue weighted by atomic mass is 35.5. The Morgan fingerprint density at radius 3 is 2.50 bits per heavy atom. The number of para-hydroxylation sites is 1. The zero-order chi connectivity index (χ0) is 13.0. The van der Waals surface area contributed by atoms with Gasteiger partial charge >= 0.3 is 0 Å². The molecule has 0 spiro atoms. The van der Waals surface area contributed by atoms with Gasteiger partial charge in [0.2, 0.25) is 0 Å². The van der Waals surface area contributed by atoms with Crippen molar-refractivity contribution >= 4 is 23.2 Å². The van der Waals surface area contributed by atoms with Gasteiger partial charge in [-0.25, -0.2) is 0 Å². The van der Waals surface area contributed by atoms with Crippen molar-refractivity contribution in [3.05, 3.63) is 58.1 Å². The first-order valence-corrected chi connectivity index (χ1v) is 6.37. The fraction of sp³-hybridized carbons (Fsp3) is 0.143. The smallest absolute Gasteiger partial charge is 0.146 e. The van der Waals surface area contributed by atoms with Crippen molar-refractivity contribution in [1.82, 2.24) is 0 Å². The molecule has 2 rings (SSSR count). The van der Waals surface area contributed by atoms with Crippen LogP contribution in [0.4, 0.5) is 0 Å². The summed E-state index contributed by atoms with van der Waals surface area (Å²) < 4.78 is 5.80. The largest absolute Gasteiger partial charge is 0.456 e. The van der Waals surface area contributed by atoms with Crippen LogP contribution in [-0.4, -0.2) is 6.54 Å². The summed E-state index contributed by atoms with van der Waals surface area (Å²) in [4.78, 5) is 0. The number of hydrogen-bond acceptors (Lipinski definition) is 2. The Bertz CT molecular complexity index is 543. The van der Waals surface area contributed by atoms with E-state index in [1.54, 1.807) is 18.2 Å². The highest BCUT2D eigenvalue weighted by Crippen LogP contribution is 2.33. The first-order chi connectivity index (χ1) is 8.70. The van der Waals surface area contributed by atoms with E-state index in [9.17, 15) is 0 Å². The molecular weight excluding hydrogens is 269 g/mol. The van der Waals surface area contributed by atoms with E-state index in [2.05, 4.69) is 0 Å². The van der Waals surface area contributed by atoms with E-state index in [0.29, 0.717) is 22.3 Å². The summed E-state index contributed by atoms with van der Waals surface area (Å²) in [7, 11) is 0. The van der Waals surface area contributed by atoms with Gasteiger partial charge in [0.15, 0.2) is 0 Å². The molecule has 2 aromatic rings. The van der Waals surface area contributed by atoms with Gasteiger partial charge in [0, 0.05) is 5.02 Å². The molecule has 0 aliphatic rings. The molecule has 2 nitrogen and oxygen atoms in total. The van der Waals surface area contributed by atoms with Crippen LogP contribution in [0.1, 0.15) is 5.56 Å². The van der Waals surface area contributed by atoms with E-state index in [1.807, 2.05) is 24.3 Å². The van der Waals surface area contributed by atoms with E-state index in [0.717, 1.165) is 17.7 Å². The molecule has 0 amide bonds. The number of ether oxygens (including phenoxy) is 1. The van der Waals surface area contributed by atoms with Gasteiger partial charge < -0.3 is 10.5 Å². The molecule has 2 N–H and O–H groups in total. The minimum atomic E-state index is 0.491. The molecule has 0 bridgehead atoms. The predicted octanol–water partition coefficient (Wildman–Crippen LogP) is 4.29. The van der Waals surface area contributed by atoms with Gasteiger partial charge in [-0.3, -0.25) is 0 Å². The van der Waals surface area contributed by atoms with E-state index in [1.165, 1.54) is 0 Å². The van der Waals surface area contributed by atoms with Crippen LogP contribution in [-0.2, 0) is 6.42 Å². The van der Waals surface area contributed by atoms with Crippen LogP contribution in [0.15, 0.2) is 42.5 Å². The Balaban J connectivity index is 2.28. The van der Waals surface area contributed by atoms with Gasteiger partial charge in [-0.2, -0.15) is 0 Å². The second-order valence-corrected chi connectivity index (χ2v) is 4.67. The molecule has 0 fully saturated rings. The molecule has 0 unspecified atom stereocenters. The van der Waals surface area contributed by atoms with Gasteiger partial charge in [0.25, 0.3) is 0 Å². The molecule has 4 heteroatoms. The van der Waals surface area contributed by atoms with Crippen LogP contribution in [0, 0.1) is 0 Å². The lowest BCUT2D eigenvalue weighted by Crippen LogP contribution is -2.03. The third-order valence-electron chi connectivity index (χ3n) is 2.50. The van der Waals surface area contributed by atoms with Crippen molar-refractivity contribution in [2.75, 3.05) is 6.54 Å². The first-order valence-electron chi connectivity index (χ1n) is 5.61. The Hall–Kier alpha value is -1.22. The molecule has 18 heavy (non-hydrogen) atoms. The van der Waals surface area contributed by atoms with Crippen LogP contribution in [0.2, 0.25) is 10.0 Å². The number of benzene rings is 2. The van der Waals surface area contributed by atoms with Crippen LogP contribution in [0.25, 0.3) is 0 Å². The van der Waals surface area contributed by atoms with Gasteiger partial charge in [0.1, 0.15) is 11.5 Å². The van der Waals surface area contributed by atoms with Crippen LogP contribution < -0.4 is 10.5 Å². The highest BCUT2D eigenvalue weighted by molar-refractivity contribution is 6.35. The van der Waals surface area contributed by atoms with Crippen LogP contribution >= 0.6 is 23.2 Å². The topological polar surface area (TPSA) is 35.2 Å². The molecule has 0 aromatic heterocycles. The second kappa shape index (κ2) is 6.10. The van der Waals surface area contributed by atoms with Gasteiger partial charge in [-0.15, -0.1) is 0 Å². The summed E-state index contributed by atoms with van der Waals surface area (Å²) in [6.07, 6.45) is 0.765. The van der Waals surface area contributed by atoms with Crippen molar-refractivity contribution in [1.29, 1.82) is 0 Å². The zero-order valence-corrected chi connectivity index (χ0v) is 11.2. The minimum absolute atomic E-state index is 0.491. The maximum absolute atomic E-state index is 6.07. The van der Waals surface area contributed by atoms with Crippen LogP contribution in [0.3, 0.4) is 0 Å². The maximum Gasteiger partial charge on any atom is 0.146 e. The quantitative estimate of drug-likeness (QED) is 0.908. The maximum atomic E-state index is 6.07. The fourth-order valence-corrected chi connectivity index (χ4v) is 2.09. The Kier molecular flexibility index (Phi) is 4.48. The zero-order valence-electron chi connectivity index (χ0n) is 9.70. The van der Waals surface area contributed by atoms with Crippen molar-refractivity contribution in [2.45, 2.75) is 6.42 Å². The Labute approximate surface area is 116 Å². The molecule has 0 atom stereocenters. The molecule has 0 heterocycles. The number of hydrogen-bond donors (Lipinski definition) is 1. The van der Waals surface area contributed by atoms with E-state index in [-0.39, 0.29) is 0 Å². The molecule has 0 saturated carbocycles. The average Bonchev–Trinajstić information content (AvgIpc) is 2.35. The first kappa shape index (κ1) is 13.2. The van der Waals surface area contributed by atoms with Crippen molar-refractivity contribution in [3.63, 3.8) is 0 Å². The Morgan fingerprint density at radius 2 is 1.78 bits per heavy atom. The van der Waals surface area contributed by atoms with Gasteiger partial charge in [0.05, 0.1) is 5.02 Å². The van der Waals surface area contributed by atoms with Gasteiger partial charge in [-0.05, 0) is 42.8 Å². The summed E-state index contributed by atoms with van der Waals surface area (Å²) in [6.45, 7) is 0.578. The lowest BCUT2D eigenvalue weighted by Gasteiger charge is -2.11. The third-order valence-corrected chi connectivity index (χ3v) is 3.03. The minimum Gasteiger partial charge on any atom is -0.456 e.